The molecule has 1 saturated heterocycles. The van der Waals surface area contributed by atoms with Crippen LogP contribution in [0, 0.1) is 0 Å². The molecule has 0 bridgehead atoms. The van der Waals surface area contributed by atoms with Gasteiger partial charge in [-0.15, -0.1) is 0 Å². The van der Waals surface area contributed by atoms with Gasteiger partial charge in [-0.1, -0.05) is 31.4 Å². The van der Waals surface area contributed by atoms with Gasteiger partial charge in [-0.2, -0.15) is 0 Å². The van der Waals surface area contributed by atoms with Crippen LogP contribution in [-0.4, -0.2) is 48.9 Å². The summed E-state index contributed by atoms with van der Waals surface area (Å²) in [6.07, 6.45) is 6.20. The Balaban J connectivity index is 1.79. The second kappa shape index (κ2) is 8.10. The highest BCUT2D eigenvalue weighted by Gasteiger charge is 2.22. The number of nitrogens with one attached hydrogen (secondary N) is 1. The fraction of sp³-hybridized carbons (Fsp3) is 0.632. The number of nitrogens with two attached hydrogens (primary N) is 1. The Morgan fingerprint density at radius 3 is 2.54 bits per heavy atom. The molecule has 1 saturated carbocycles. The van der Waals surface area contributed by atoms with Gasteiger partial charge in [0.1, 0.15) is 0 Å². The highest BCUT2D eigenvalue weighted by atomic mass is 16.2. The van der Waals surface area contributed by atoms with E-state index in [0.29, 0.717) is 5.92 Å². The topological polar surface area (TPSA) is 61.6 Å². The summed E-state index contributed by atoms with van der Waals surface area (Å²) < 4.78 is 0. The Bertz CT molecular complexity index is 560. The van der Waals surface area contributed by atoms with Crippen molar-refractivity contribution in [2.45, 2.75) is 44.6 Å². The molecule has 1 amide bonds. The maximum Gasteiger partial charge on any atom is 0.265 e. The van der Waals surface area contributed by atoms with Crippen molar-refractivity contribution in [3.05, 3.63) is 34.9 Å². The molecule has 2 aliphatic rings. The number of carbonyl (C=O) groups excluding carboxylic acids is 1. The molecule has 1 aliphatic heterocycles. The summed E-state index contributed by atoms with van der Waals surface area (Å²) in [5, 5.41) is 0. The van der Waals surface area contributed by atoms with Crippen LogP contribution in [0.1, 0.15) is 59.5 Å². The number of carbonyl (C=O) groups is 1. The number of benzene rings is 1. The van der Waals surface area contributed by atoms with Crippen LogP contribution in [-0.2, 0) is 6.54 Å². The molecule has 1 aromatic carbocycles. The average molecular weight is 330 g/mol. The Hall–Kier alpha value is -1.43. The summed E-state index contributed by atoms with van der Waals surface area (Å²) >= 11 is 0. The summed E-state index contributed by atoms with van der Waals surface area (Å²) in [5.74, 6) is 5.72. The minimum absolute atomic E-state index is 0.165. The molecule has 3 rings (SSSR count). The van der Waals surface area contributed by atoms with Gasteiger partial charge in [0.2, 0.25) is 0 Å². The fourth-order valence-electron chi connectivity index (χ4n) is 4.01. The van der Waals surface area contributed by atoms with Crippen LogP contribution >= 0.6 is 0 Å². The Labute approximate surface area is 145 Å². The van der Waals surface area contributed by atoms with E-state index >= 15 is 0 Å². The molecule has 0 radical (unpaired) electrons. The van der Waals surface area contributed by atoms with Crippen molar-refractivity contribution < 1.29 is 4.79 Å². The van der Waals surface area contributed by atoms with Crippen LogP contribution in [0.4, 0.5) is 0 Å². The normalized spacial score (nSPS) is 20.9. The molecule has 24 heavy (non-hydrogen) atoms. The average Bonchev–Trinajstić information content (AvgIpc) is 2.63. The van der Waals surface area contributed by atoms with E-state index in [1.807, 2.05) is 6.07 Å². The van der Waals surface area contributed by atoms with E-state index in [-0.39, 0.29) is 5.91 Å². The molecule has 132 valence electrons. The van der Waals surface area contributed by atoms with Crippen molar-refractivity contribution in [3.8, 4) is 0 Å². The van der Waals surface area contributed by atoms with Crippen LogP contribution < -0.4 is 11.3 Å². The van der Waals surface area contributed by atoms with Gasteiger partial charge in [0, 0.05) is 38.3 Å². The van der Waals surface area contributed by atoms with Gasteiger partial charge in [0.15, 0.2) is 0 Å². The molecular formula is C19H30N4O. The Morgan fingerprint density at radius 1 is 1.17 bits per heavy atom. The van der Waals surface area contributed by atoms with E-state index in [1.165, 1.54) is 43.2 Å². The fourth-order valence-corrected chi connectivity index (χ4v) is 4.01. The number of hydrogen-bond acceptors (Lipinski definition) is 4. The number of hydrogen-bond donors (Lipinski definition) is 2. The van der Waals surface area contributed by atoms with Crippen molar-refractivity contribution in [3.63, 3.8) is 0 Å². The lowest BCUT2D eigenvalue weighted by atomic mass is 9.81. The zero-order chi connectivity index (χ0) is 16.9. The smallest absolute Gasteiger partial charge is 0.265 e. The summed E-state index contributed by atoms with van der Waals surface area (Å²) in [7, 11) is 2.18. The molecule has 0 spiro atoms. The maximum absolute atomic E-state index is 12.2. The van der Waals surface area contributed by atoms with Crippen molar-refractivity contribution in [1.29, 1.82) is 0 Å². The predicted molar refractivity (Wildman–Crippen MR) is 96.7 cm³/mol. The third-order valence-electron chi connectivity index (χ3n) is 5.54. The number of rotatable bonds is 4. The first-order valence-corrected chi connectivity index (χ1v) is 9.22. The zero-order valence-electron chi connectivity index (χ0n) is 14.8. The van der Waals surface area contributed by atoms with Crippen LogP contribution in [0.15, 0.2) is 18.2 Å². The number of amides is 1. The summed E-state index contributed by atoms with van der Waals surface area (Å²) in [6, 6.07) is 6.33. The highest BCUT2D eigenvalue weighted by molar-refractivity contribution is 5.95. The van der Waals surface area contributed by atoms with Gasteiger partial charge < -0.3 is 4.90 Å². The SMILES string of the molecule is CN1CCN(Cc2ccc(C(=O)NN)c(C3CCCCC3)c2)CC1. The minimum atomic E-state index is -0.165. The van der Waals surface area contributed by atoms with Crippen LogP contribution in [0.2, 0.25) is 0 Å². The first kappa shape index (κ1) is 17.4. The van der Waals surface area contributed by atoms with E-state index in [9.17, 15) is 4.79 Å². The van der Waals surface area contributed by atoms with E-state index in [1.54, 1.807) is 0 Å². The lowest BCUT2D eigenvalue weighted by Gasteiger charge is -2.32. The van der Waals surface area contributed by atoms with Crippen molar-refractivity contribution in [1.82, 2.24) is 15.2 Å². The minimum Gasteiger partial charge on any atom is -0.304 e. The molecule has 0 aromatic heterocycles. The van der Waals surface area contributed by atoms with E-state index < -0.39 is 0 Å². The van der Waals surface area contributed by atoms with E-state index in [0.717, 1.165) is 38.3 Å². The molecule has 0 unspecified atom stereocenters. The third-order valence-corrected chi connectivity index (χ3v) is 5.54. The van der Waals surface area contributed by atoms with Gasteiger partial charge >= 0.3 is 0 Å². The Kier molecular flexibility index (Phi) is 5.87. The van der Waals surface area contributed by atoms with Gasteiger partial charge in [0.25, 0.3) is 5.91 Å². The number of likely N-dealkylation sites (N-methyl/N-ethyl adjacent to an activating group) is 1. The molecule has 1 heterocycles. The lowest BCUT2D eigenvalue weighted by molar-refractivity contribution is 0.0952. The lowest BCUT2D eigenvalue weighted by Crippen LogP contribution is -2.43. The standard InChI is InChI=1S/C19H30N4O/c1-22-9-11-23(12-10-22)14-15-7-8-17(19(24)21-20)18(13-15)16-5-3-2-4-6-16/h7-8,13,16H,2-6,9-12,14,20H2,1H3,(H,21,24). The molecule has 3 N–H and O–H groups in total. The first-order chi connectivity index (χ1) is 11.7. The molecule has 0 atom stereocenters. The third kappa shape index (κ3) is 4.15. The molecule has 5 nitrogen and oxygen atoms in total. The highest BCUT2D eigenvalue weighted by Crippen LogP contribution is 2.35. The number of piperazine rings is 1. The molecule has 1 aliphatic carbocycles. The quantitative estimate of drug-likeness (QED) is 0.504. The number of nitrogen functional groups attached to an aromatic ring is 1. The largest absolute Gasteiger partial charge is 0.304 e. The zero-order valence-corrected chi connectivity index (χ0v) is 14.8. The summed E-state index contributed by atoms with van der Waals surface area (Å²) in [6.45, 7) is 5.45. The molecular weight excluding hydrogens is 300 g/mol. The maximum atomic E-state index is 12.2. The molecule has 2 fully saturated rings. The van der Waals surface area contributed by atoms with Crippen LogP contribution in [0.25, 0.3) is 0 Å². The second-order valence-electron chi connectivity index (χ2n) is 7.31. The second-order valence-corrected chi connectivity index (χ2v) is 7.31. The van der Waals surface area contributed by atoms with Crippen molar-refractivity contribution >= 4 is 5.91 Å². The summed E-state index contributed by atoms with van der Waals surface area (Å²) in [5.41, 5.74) is 5.58. The first-order valence-electron chi connectivity index (χ1n) is 9.22. The van der Waals surface area contributed by atoms with Crippen molar-refractivity contribution in [2.24, 2.45) is 5.84 Å². The van der Waals surface area contributed by atoms with Gasteiger partial charge in [0.05, 0.1) is 0 Å². The van der Waals surface area contributed by atoms with Crippen LogP contribution in [0.3, 0.4) is 0 Å². The van der Waals surface area contributed by atoms with Crippen molar-refractivity contribution in [2.75, 3.05) is 33.2 Å². The molecule has 5 heteroatoms. The predicted octanol–water partition coefficient (Wildman–Crippen LogP) is 2.09. The number of nitrogens with zero attached hydrogens (tertiary/aromatic N) is 2. The monoisotopic (exact) mass is 330 g/mol. The van der Waals surface area contributed by atoms with Gasteiger partial charge in [-0.05, 0) is 43.0 Å². The summed E-state index contributed by atoms with van der Waals surface area (Å²) in [4.78, 5) is 17.0. The van der Waals surface area contributed by atoms with Gasteiger partial charge in [-0.3, -0.25) is 15.1 Å². The van der Waals surface area contributed by atoms with E-state index in [4.69, 9.17) is 5.84 Å². The van der Waals surface area contributed by atoms with Gasteiger partial charge in [-0.25, -0.2) is 5.84 Å². The number of hydrazine groups is 1. The molecule has 1 aromatic rings. The Morgan fingerprint density at radius 2 is 1.88 bits per heavy atom. The van der Waals surface area contributed by atoms with E-state index in [2.05, 4.69) is 34.4 Å². The van der Waals surface area contributed by atoms with Crippen LogP contribution in [0.5, 0.6) is 0 Å².